The summed E-state index contributed by atoms with van der Waals surface area (Å²) in [5.74, 6) is -2.02. The van der Waals surface area contributed by atoms with Crippen LogP contribution in [0.3, 0.4) is 0 Å². The Morgan fingerprint density at radius 1 is 0.900 bits per heavy atom. The van der Waals surface area contributed by atoms with Crippen molar-refractivity contribution in [3.63, 3.8) is 0 Å². The lowest BCUT2D eigenvalue weighted by Gasteiger charge is -2.35. The number of H-pyrrole nitrogens is 1. The standard InChI is InChI=1S/C43H45FN10O6/c1-60-33-11-7-9-29(44)37(33)40-47-24-31-39(49-40)38(51-50-31)26-12-14-27(15-13-26)53-22-20-52(21-23-53)25-35(56)46-19-5-3-2-4-18-45-30-10-6-8-28-36(30)43(59)54(42(28)58)32-16-17-34(55)48-41(32)57/h6-15,24,32,45H,2-5,16-23,25H2,1H3,(H,46,56)(H,50,51)(H,48,55,57). The van der Waals surface area contributed by atoms with Crippen LogP contribution in [0.15, 0.2) is 66.9 Å². The zero-order chi connectivity index (χ0) is 41.8. The molecule has 8 rings (SSSR count). The highest BCUT2D eigenvalue weighted by Gasteiger charge is 2.45. The number of benzene rings is 3. The van der Waals surface area contributed by atoms with E-state index >= 15 is 0 Å². The number of methoxy groups -OCH3 is 1. The van der Waals surface area contributed by atoms with Gasteiger partial charge >= 0.3 is 0 Å². The number of carbonyl (C=O) groups is 5. The molecule has 2 saturated heterocycles. The number of hydrogen-bond acceptors (Lipinski definition) is 12. The fraction of sp³-hybridized carbons (Fsp3) is 0.349. The van der Waals surface area contributed by atoms with Gasteiger partial charge < -0.3 is 20.3 Å². The largest absolute Gasteiger partial charge is 0.496 e. The molecule has 0 spiro atoms. The molecule has 3 aliphatic rings. The second-order valence-corrected chi connectivity index (χ2v) is 15.0. The number of piperazine rings is 1. The topological polar surface area (TPSA) is 195 Å². The van der Waals surface area contributed by atoms with Crippen molar-refractivity contribution in [1.82, 2.24) is 40.6 Å². The van der Waals surface area contributed by atoms with Gasteiger partial charge in [-0.3, -0.25) is 44.2 Å². The van der Waals surface area contributed by atoms with Gasteiger partial charge in [-0.05, 0) is 55.7 Å². The molecule has 2 fully saturated rings. The lowest BCUT2D eigenvalue weighted by Crippen LogP contribution is -2.54. The zero-order valence-corrected chi connectivity index (χ0v) is 33.1. The molecule has 60 heavy (non-hydrogen) atoms. The van der Waals surface area contributed by atoms with Crippen molar-refractivity contribution in [2.75, 3.05) is 63.1 Å². The Morgan fingerprint density at radius 3 is 2.43 bits per heavy atom. The predicted octanol–water partition coefficient (Wildman–Crippen LogP) is 4.15. The second-order valence-electron chi connectivity index (χ2n) is 15.0. The van der Waals surface area contributed by atoms with Gasteiger partial charge in [-0.1, -0.05) is 37.1 Å². The van der Waals surface area contributed by atoms with Crippen molar-refractivity contribution < 1.29 is 33.1 Å². The molecule has 0 saturated carbocycles. The minimum Gasteiger partial charge on any atom is -0.496 e. The monoisotopic (exact) mass is 816 g/mol. The molecule has 16 nitrogen and oxygen atoms in total. The highest BCUT2D eigenvalue weighted by molar-refractivity contribution is 6.25. The average molecular weight is 817 g/mol. The molecule has 17 heteroatoms. The van der Waals surface area contributed by atoms with E-state index in [1.165, 1.54) is 13.2 Å². The van der Waals surface area contributed by atoms with Gasteiger partial charge in [0, 0.05) is 62.6 Å². The average Bonchev–Trinajstić information content (AvgIpc) is 3.79. The summed E-state index contributed by atoms with van der Waals surface area (Å²) in [6, 6.07) is 16.7. The Bertz CT molecular complexity index is 2450. The summed E-state index contributed by atoms with van der Waals surface area (Å²) in [7, 11) is 1.48. The number of hydrogen-bond donors (Lipinski definition) is 4. The summed E-state index contributed by atoms with van der Waals surface area (Å²) in [6.45, 7) is 4.59. The van der Waals surface area contributed by atoms with E-state index in [1.807, 2.05) is 24.3 Å². The number of ether oxygens (including phenoxy) is 1. The first kappa shape index (κ1) is 40.0. The lowest BCUT2D eigenvalue weighted by molar-refractivity contribution is -0.136. The lowest BCUT2D eigenvalue weighted by atomic mass is 10.0. The van der Waals surface area contributed by atoms with Gasteiger partial charge in [-0.25, -0.2) is 14.4 Å². The molecular formula is C43H45FN10O6. The molecule has 0 bridgehead atoms. The number of nitrogens with one attached hydrogen (secondary N) is 4. The van der Waals surface area contributed by atoms with Crippen molar-refractivity contribution in [1.29, 1.82) is 0 Å². The number of fused-ring (bicyclic) bond motifs is 2. The van der Waals surface area contributed by atoms with E-state index in [4.69, 9.17) is 4.74 Å². The predicted molar refractivity (Wildman–Crippen MR) is 221 cm³/mol. The smallest absolute Gasteiger partial charge is 0.264 e. The molecule has 0 aliphatic carbocycles. The van der Waals surface area contributed by atoms with Gasteiger partial charge in [-0.2, -0.15) is 5.10 Å². The number of amides is 5. The third kappa shape index (κ3) is 8.25. The molecule has 4 N–H and O–H groups in total. The number of aromatic nitrogens is 4. The number of unbranched alkanes of at least 4 members (excludes halogenated alkanes) is 3. The van der Waals surface area contributed by atoms with Crippen molar-refractivity contribution in [3.8, 4) is 28.4 Å². The summed E-state index contributed by atoms with van der Waals surface area (Å²) >= 11 is 0. The molecule has 310 valence electrons. The molecule has 1 atom stereocenters. The van der Waals surface area contributed by atoms with E-state index < -0.39 is 35.5 Å². The van der Waals surface area contributed by atoms with Crippen LogP contribution < -0.4 is 25.6 Å². The second kappa shape index (κ2) is 17.6. The van der Waals surface area contributed by atoms with Gasteiger partial charge in [-0.15, -0.1) is 0 Å². The Morgan fingerprint density at radius 2 is 1.67 bits per heavy atom. The Balaban J connectivity index is 0.737. The van der Waals surface area contributed by atoms with Crippen LogP contribution in [-0.4, -0.2) is 118 Å². The van der Waals surface area contributed by atoms with Crippen LogP contribution in [0.25, 0.3) is 33.7 Å². The fourth-order valence-corrected chi connectivity index (χ4v) is 8.00. The first-order valence-electron chi connectivity index (χ1n) is 20.2. The van der Waals surface area contributed by atoms with Gasteiger partial charge in [0.2, 0.25) is 17.7 Å². The van der Waals surface area contributed by atoms with E-state index in [-0.39, 0.29) is 41.3 Å². The van der Waals surface area contributed by atoms with Crippen LogP contribution in [0.1, 0.15) is 59.2 Å². The van der Waals surface area contributed by atoms with Crippen LogP contribution >= 0.6 is 0 Å². The van der Waals surface area contributed by atoms with Crippen molar-refractivity contribution in [2.24, 2.45) is 0 Å². The highest BCUT2D eigenvalue weighted by Crippen LogP contribution is 2.34. The molecule has 3 aromatic carbocycles. The van der Waals surface area contributed by atoms with Crippen LogP contribution in [0.5, 0.6) is 5.75 Å². The van der Waals surface area contributed by atoms with Crippen LogP contribution in [0, 0.1) is 5.82 Å². The summed E-state index contributed by atoms with van der Waals surface area (Å²) < 4.78 is 20.1. The minimum absolute atomic E-state index is 0.00427. The third-order valence-corrected chi connectivity index (χ3v) is 11.2. The normalized spacial score (nSPS) is 16.9. The first-order chi connectivity index (χ1) is 29.2. The molecule has 1 unspecified atom stereocenters. The molecule has 2 aromatic heterocycles. The number of piperidine rings is 1. The number of anilines is 2. The van der Waals surface area contributed by atoms with Gasteiger partial charge in [0.1, 0.15) is 34.3 Å². The molecule has 0 radical (unpaired) electrons. The van der Waals surface area contributed by atoms with Crippen molar-refractivity contribution >= 4 is 51.9 Å². The SMILES string of the molecule is COc1cccc(F)c1-c1ncc2[nH]nc(-c3ccc(N4CCN(CC(=O)NCCCCCCNc5cccc6c5C(=O)N(C5CCC(=O)NC5=O)C6=O)CC4)cc3)c2n1. The maximum atomic E-state index is 14.8. The number of halogens is 1. The number of nitrogens with zero attached hydrogens (tertiary/aromatic N) is 6. The quantitative estimate of drug-likeness (QED) is 0.0873. The number of carbonyl (C=O) groups excluding carboxylic acids is 5. The third-order valence-electron chi connectivity index (χ3n) is 11.2. The number of rotatable bonds is 15. The Hall–Kier alpha value is -6.75. The molecule has 5 heterocycles. The zero-order valence-electron chi connectivity index (χ0n) is 33.1. The molecule has 5 aromatic rings. The Labute approximate surface area is 344 Å². The number of imide groups is 2. The summed E-state index contributed by atoms with van der Waals surface area (Å²) in [5, 5.41) is 16.0. The minimum atomic E-state index is -1.00. The van der Waals surface area contributed by atoms with E-state index in [1.54, 1.807) is 36.5 Å². The van der Waals surface area contributed by atoms with Crippen LogP contribution in [-0.2, 0) is 14.4 Å². The van der Waals surface area contributed by atoms with Gasteiger partial charge in [0.15, 0.2) is 5.82 Å². The fourth-order valence-electron chi connectivity index (χ4n) is 8.00. The number of aromatic amines is 1. The molecule has 5 amide bonds. The maximum absolute atomic E-state index is 14.8. The first-order valence-corrected chi connectivity index (χ1v) is 20.2. The molecular weight excluding hydrogens is 772 g/mol. The van der Waals surface area contributed by atoms with Crippen molar-refractivity contribution in [3.05, 3.63) is 83.8 Å². The van der Waals surface area contributed by atoms with Crippen molar-refractivity contribution in [2.45, 2.75) is 44.6 Å². The summed E-state index contributed by atoms with van der Waals surface area (Å²) in [6.07, 6.45) is 5.27. The van der Waals surface area contributed by atoms with Gasteiger partial charge in [0.25, 0.3) is 11.8 Å². The highest BCUT2D eigenvalue weighted by atomic mass is 19.1. The van der Waals surface area contributed by atoms with E-state index in [2.05, 4.69) is 45.9 Å². The maximum Gasteiger partial charge on any atom is 0.264 e. The molecule has 3 aliphatic heterocycles. The van der Waals surface area contributed by atoms with Crippen LogP contribution in [0.4, 0.5) is 15.8 Å². The van der Waals surface area contributed by atoms with Crippen LogP contribution in [0.2, 0.25) is 0 Å². The summed E-state index contributed by atoms with van der Waals surface area (Å²) in [4.78, 5) is 77.5. The Kier molecular flexibility index (Phi) is 11.8. The van der Waals surface area contributed by atoms with Gasteiger partial charge in [0.05, 0.1) is 36.5 Å². The van der Waals surface area contributed by atoms with E-state index in [0.29, 0.717) is 47.8 Å². The van der Waals surface area contributed by atoms with E-state index in [0.717, 1.165) is 68.0 Å². The van der Waals surface area contributed by atoms with E-state index in [9.17, 15) is 28.4 Å². The summed E-state index contributed by atoms with van der Waals surface area (Å²) in [5.41, 5.74) is 5.00.